The summed E-state index contributed by atoms with van der Waals surface area (Å²) in [5, 5.41) is 25.7. The van der Waals surface area contributed by atoms with Gasteiger partial charge in [-0.2, -0.15) is 0 Å². The van der Waals surface area contributed by atoms with E-state index in [2.05, 4.69) is 86.4 Å². The topological polar surface area (TPSA) is 370 Å². The van der Waals surface area contributed by atoms with Crippen LogP contribution < -0.4 is 48.7 Å². The minimum atomic E-state index is -0.775. The van der Waals surface area contributed by atoms with Gasteiger partial charge in [-0.1, -0.05) is 60.1 Å². The van der Waals surface area contributed by atoms with E-state index < -0.39 is 23.2 Å². The van der Waals surface area contributed by atoms with E-state index in [1.54, 1.807) is 6.92 Å². The molecule has 0 heterocycles. The maximum Gasteiger partial charge on any atom is 0.243 e. The Balaban J connectivity index is -0.000000487. The molecule has 11 N–H and O–H groups in total. The molecule has 0 aliphatic heterocycles. The van der Waals surface area contributed by atoms with Crippen molar-refractivity contribution in [2.45, 2.75) is 97.8 Å². The van der Waals surface area contributed by atoms with Crippen LogP contribution in [0.1, 0.15) is 97.8 Å². The van der Waals surface area contributed by atoms with E-state index in [4.69, 9.17) is 22.5 Å². The molecule has 3 unspecified atom stereocenters. The third kappa shape index (κ3) is 41.3. The molecule has 0 rings (SSSR count). The minimum absolute atomic E-state index is 0. The van der Waals surface area contributed by atoms with Crippen molar-refractivity contribution in [3.8, 4) is 0 Å². The summed E-state index contributed by atoms with van der Waals surface area (Å²) in [6, 6.07) is 0. The molecule has 0 aromatic heterocycles. The van der Waals surface area contributed by atoms with Crippen LogP contribution in [0.3, 0.4) is 0 Å². The average molecular weight is 1020 g/mol. The fourth-order valence-electron chi connectivity index (χ4n) is 5.40. The average Bonchev–Trinajstić information content (AvgIpc) is 3.30. The van der Waals surface area contributed by atoms with Gasteiger partial charge in [0.1, 0.15) is 13.1 Å². The van der Waals surface area contributed by atoms with Crippen LogP contribution >= 0.6 is 28.3 Å². The van der Waals surface area contributed by atoms with E-state index >= 15 is 0 Å². The van der Waals surface area contributed by atoms with Gasteiger partial charge >= 0.3 is 0 Å². The van der Waals surface area contributed by atoms with Gasteiger partial charge in [0.15, 0.2) is 0 Å². The highest BCUT2D eigenvalue weighted by Crippen LogP contribution is 2.33. The van der Waals surface area contributed by atoms with E-state index in [0.29, 0.717) is 77.0 Å². The van der Waals surface area contributed by atoms with Crippen LogP contribution in [0.4, 0.5) is 0 Å². The zero-order chi connectivity index (χ0) is 49.7. The number of rotatable bonds is 35. The van der Waals surface area contributed by atoms with Crippen molar-refractivity contribution in [3.05, 3.63) is 46.2 Å². The van der Waals surface area contributed by atoms with Crippen molar-refractivity contribution in [2.24, 2.45) is 38.9 Å². The highest BCUT2D eigenvalue weighted by atomic mass is 79.9. The van der Waals surface area contributed by atoms with Gasteiger partial charge in [0.2, 0.25) is 47.3 Å². The van der Waals surface area contributed by atoms with Crippen LogP contribution in [-0.4, -0.2) is 118 Å². The number of azide groups is 2. The zero-order valence-corrected chi connectivity index (χ0v) is 41.3. The predicted molar refractivity (Wildman–Crippen MR) is 261 cm³/mol. The van der Waals surface area contributed by atoms with Crippen LogP contribution in [0.5, 0.6) is 0 Å². The summed E-state index contributed by atoms with van der Waals surface area (Å²) in [5.74, 6) is -2.81. The first-order chi connectivity index (χ1) is 31.0. The number of hydrogen-bond acceptors (Lipinski definition) is 11. The number of nitrogens with one attached hydrogen (secondary N) is 7. The molecule has 0 bridgehead atoms. The number of primary amides is 1. The third-order valence-corrected chi connectivity index (χ3v) is 9.93. The number of carbonyl (C=O) groups excluding carboxylic acids is 8. The highest BCUT2D eigenvalue weighted by Gasteiger charge is 2.37. The standard InChI is InChI=1S/C21H40N8O4.C10H17BrN2O2.C10H17N5O2.ClH/c1-4-21(3,20(33)27-11-8-22)13-16(12-15(2)18(23)31)19(32)26-10-7-5-6-9-25-17(30)14-28-29-24;1-2-9(14)12-6-4-3-5-7-13-10(15)8-11;1-2-9(16)12-6-4-3-5-7-13-10(17)8-14-15-11;/h15-16H,4-14,22H2,1-3H3,(H2,23,31)(H,25,30)(H,26,32)(H,27,33);2H,1,3-8H2,(H,12,14)(H,13,15);2H,1,3-8H2,(H,12,16)(H,13,17);1H. The number of unbranched alkanes of at least 4 members (excludes halogenated alkanes) is 6. The number of hydrogen-bond donors (Lipinski definition) is 9. The van der Waals surface area contributed by atoms with Gasteiger partial charge in [-0.05, 0) is 100 Å². The number of alkyl halides is 1. The first-order valence-corrected chi connectivity index (χ1v) is 22.9. The first kappa shape index (κ1) is 67.2. The molecule has 0 aromatic rings. The van der Waals surface area contributed by atoms with Crippen LogP contribution in [0.15, 0.2) is 35.5 Å². The normalized spacial score (nSPS) is 11.5. The SMILES string of the molecule is C=CC(=O)NCCCCCNC(=O)CBr.C=CC(=O)NCCCCCNC(=O)CN=[N+]=[N-].CCC(C)(CC(CC(C)C(N)=O)C(=O)NCCCCCNC(=O)CN=[N+]=[N-])C(=O)NCCN.Cl. The fourth-order valence-corrected chi connectivity index (χ4v) is 5.60. The number of amides is 8. The summed E-state index contributed by atoms with van der Waals surface area (Å²) in [5.41, 5.74) is 26.3. The second-order valence-corrected chi connectivity index (χ2v) is 15.4. The monoisotopic (exact) mass is 1020 g/mol. The summed E-state index contributed by atoms with van der Waals surface area (Å²) in [6.45, 7) is 15.8. The van der Waals surface area contributed by atoms with E-state index in [9.17, 15) is 38.4 Å². The van der Waals surface area contributed by atoms with E-state index in [1.165, 1.54) is 12.2 Å². The Hall–Kier alpha value is -5.41. The number of nitrogens with two attached hydrogens (primary N) is 2. The van der Waals surface area contributed by atoms with Crippen molar-refractivity contribution >= 4 is 75.6 Å². The molecule has 0 aromatic carbocycles. The van der Waals surface area contributed by atoms with Crippen molar-refractivity contribution in [1.82, 2.24) is 37.2 Å². The van der Waals surface area contributed by atoms with E-state index in [-0.39, 0.29) is 73.3 Å². The van der Waals surface area contributed by atoms with Gasteiger partial charge in [-0.15, -0.1) is 12.4 Å². The lowest BCUT2D eigenvalue weighted by atomic mass is 9.75. The van der Waals surface area contributed by atoms with Gasteiger partial charge in [0.05, 0.1) is 5.33 Å². The molecule has 0 radical (unpaired) electrons. The summed E-state index contributed by atoms with van der Waals surface area (Å²) in [7, 11) is 0. The molecule has 0 spiro atoms. The van der Waals surface area contributed by atoms with Crippen LogP contribution in [-0.2, 0) is 38.4 Å². The van der Waals surface area contributed by atoms with E-state index in [1.807, 2.05) is 13.8 Å². The van der Waals surface area contributed by atoms with Crippen LogP contribution in [0.25, 0.3) is 20.9 Å². The Bertz CT molecular complexity index is 1570. The van der Waals surface area contributed by atoms with Gasteiger partial charge in [-0.3, -0.25) is 38.4 Å². The lowest BCUT2D eigenvalue weighted by Crippen LogP contribution is -2.44. The number of carbonyl (C=O) groups is 8. The van der Waals surface area contributed by atoms with Gasteiger partial charge < -0.3 is 48.7 Å². The lowest BCUT2D eigenvalue weighted by Gasteiger charge is -2.31. The molecule has 376 valence electrons. The van der Waals surface area contributed by atoms with Crippen LogP contribution in [0.2, 0.25) is 0 Å². The van der Waals surface area contributed by atoms with Gasteiger partial charge in [0, 0.05) is 79.4 Å². The molecular weight excluding hydrogens is 946 g/mol. The summed E-state index contributed by atoms with van der Waals surface area (Å²) in [4.78, 5) is 96.8. The Kier molecular flexibility index (Phi) is 47.0. The molecule has 0 aliphatic carbocycles. The van der Waals surface area contributed by atoms with Crippen molar-refractivity contribution in [1.29, 1.82) is 0 Å². The summed E-state index contributed by atoms with van der Waals surface area (Å²) < 4.78 is 0. The number of nitrogens with zero attached hydrogens (tertiary/aromatic N) is 6. The molecule has 66 heavy (non-hydrogen) atoms. The summed E-state index contributed by atoms with van der Waals surface area (Å²) in [6.07, 6.45) is 11.2. The molecule has 0 aliphatic rings. The molecule has 0 saturated carbocycles. The van der Waals surface area contributed by atoms with Crippen LogP contribution in [0, 0.1) is 17.3 Å². The largest absolute Gasteiger partial charge is 0.369 e. The quantitative estimate of drug-likeness (QED) is 0.0112. The molecule has 0 fully saturated rings. The molecule has 25 heteroatoms. The second-order valence-electron chi connectivity index (χ2n) is 14.8. The van der Waals surface area contributed by atoms with Gasteiger partial charge in [-0.25, -0.2) is 0 Å². The Labute approximate surface area is 403 Å². The molecular formula is C41H75BrClN15O8. The zero-order valence-electron chi connectivity index (χ0n) is 38.9. The maximum atomic E-state index is 12.9. The smallest absolute Gasteiger partial charge is 0.243 e. The number of halogens is 2. The van der Waals surface area contributed by atoms with Crippen molar-refractivity contribution in [3.63, 3.8) is 0 Å². The maximum absolute atomic E-state index is 12.9. The fraction of sp³-hybridized carbons (Fsp3) is 0.707. The van der Waals surface area contributed by atoms with E-state index in [0.717, 1.165) is 51.4 Å². The molecule has 23 nitrogen and oxygen atoms in total. The predicted octanol–water partition coefficient (Wildman–Crippen LogP) is 2.99. The Morgan fingerprint density at radius 2 is 1.06 bits per heavy atom. The third-order valence-electron chi connectivity index (χ3n) is 9.42. The van der Waals surface area contributed by atoms with Gasteiger partial charge in [0.25, 0.3) is 0 Å². The molecule has 8 amide bonds. The highest BCUT2D eigenvalue weighted by molar-refractivity contribution is 9.09. The van der Waals surface area contributed by atoms with Crippen molar-refractivity contribution in [2.75, 3.05) is 70.8 Å². The molecule has 3 atom stereocenters. The summed E-state index contributed by atoms with van der Waals surface area (Å²) >= 11 is 3.06. The molecule has 0 saturated heterocycles. The Morgan fingerprint density at radius 1 is 0.667 bits per heavy atom. The minimum Gasteiger partial charge on any atom is -0.369 e. The van der Waals surface area contributed by atoms with Crippen molar-refractivity contribution < 1.29 is 38.4 Å². The Morgan fingerprint density at radius 3 is 1.41 bits per heavy atom. The second kappa shape index (κ2) is 46.1. The lowest BCUT2D eigenvalue weighted by molar-refractivity contribution is -0.134. The first-order valence-electron chi connectivity index (χ1n) is 21.8.